The first-order valence-corrected chi connectivity index (χ1v) is 34.6. The SMILES string of the molecule is CC/C=C\C/C=C\C/C=C\C/C=C\C/C=C\C/C=C\CCC(=O)OCC(COC(=O)CCCCCCCCCCCCC/C=C\CCCCCCCCCC)OC(=O)CCCCCCCCCCCCCCCCCCCCCC. The van der Waals surface area contributed by atoms with E-state index in [2.05, 4.69) is 99.8 Å². The molecule has 0 fully saturated rings. The second-order valence-corrected chi connectivity index (χ2v) is 23.1. The summed E-state index contributed by atoms with van der Waals surface area (Å²) < 4.78 is 16.9. The van der Waals surface area contributed by atoms with Crippen molar-refractivity contribution in [1.82, 2.24) is 0 Å². The smallest absolute Gasteiger partial charge is 0.306 e. The van der Waals surface area contributed by atoms with Crippen molar-refractivity contribution in [3.63, 3.8) is 0 Å². The summed E-state index contributed by atoms with van der Waals surface area (Å²) in [6, 6.07) is 0. The predicted octanol–water partition coefficient (Wildman–Crippen LogP) is 23.8. The van der Waals surface area contributed by atoms with Gasteiger partial charge in [0.05, 0.1) is 0 Å². The number of hydrogen-bond donors (Lipinski definition) is 0. The lowest BCUT2D eigenvalue weighted by Gasteiger charge is -2.18. The van der Waals surface area contributed by atoms with Gasteiger partial charge in [-0.3, -0.25) is 14.4 Å². The Bertz CT molecular complexity index is 1520. The number of allylic oxidation sites excluding steroid dienone is 14. The van der Waals surface area contributed by atoms with Gasteiger partial charge in [0.2, 0.25) is 0 Å². The quantitative estimate of drug-likeness (QED) is 0.0261. The van der Waals surface area contributed by atoms with Crippen LogP contribution in [0, 0.1) is 0 Å². The minimum atomic E-state index is -0.808. The first-order valence-electron chi connectivity index (χ1n) is 34.6. The Labute approximate surface area is 496 Å². The van der Waals surface area contributed by atoms with E-state index in [4.69, 9.17) is 14.2 Å². The van der Waals surface area contributed by atoms with Crippen molar-refractivity contribution < 1.29 is 28.6 Å². The van der Waals surface area contributed by atoms with E-state index in [0.29, 0.717) is 19.3 Å². The van der Waals surface area contributed by atoms with Gasteiger partial charge in [-0.2, -0.15) is 0 Å². The summed E-state index contributed by atoms with van der Waals surface area (Å²) in [6.07, 6.45) is 90.5. The van der Waals surface area contributed by atoms with Crippen LogP contribution in [-0.4, -0.2) is 37.2 Å². The van der Waals surface area contributed by atoms with Gasteiger partial charge in [-0.1, -0.05) is 331 Å². The molecule has 0 aromatic carbocycles. The van der Waals surface area contributed by atoms with Crippen LogP contribution in [0.2, 0.25) is 0 Å². The highest BCUT2D eigenvalue weighted by molar-refractivity contribution is 5.71. The van der Waals surface area contributed by atoms with Crippen molar-refractivity contribution >= 4 is 17.9 Å². The molecule has 80 heavy (non-hydrogen) atoms. The van der Waals surface area contributed by atoms with Gasteiger partial charge in [-0.15, -0.1) is 0 Å². The van der Waals surface area contributed by atoms with Gasteiger partial charge >= 0.3 is 17.9 Å². The zero-order valence-electron chi connectivity index (χ0n) is 53.1. The number of rotatable bonds is 63. The van der Waals surface area contributed by atoms with Crippen LogP contribution in [0.1, 0.15) is 348 Å². The normalized spacial score (nSPS) is 12.6. The molecule has 0 saturated heterocycles. The maximum atomic E-state index is 12.9. The maximum absolute atomic E-state index is 12.9. The van der Waals surface area contributed by atoms with E-state index in [9.17, 15) is 14.4 Å². The Hall–Kier alpha value is -3.41. The molecule has 0 aliphatic rings. The predicted molar refractivity (Wildman–Crippen MR) is 348 cm³/mol. The molecule has 0 aromatic rings. The molecule has 0 spiro atoms. The van der Waals surface area contributed by atoms with Crippen molar-refractivity contribution in [2.24, 2.45) is 0 Å². The number of carbonyl (C=O) groups is 3. The topological polar surface area (TPSA) is 78.9 Å². The van der Waals surface area contributed by atoms with Gasteiger partial charge in [-0.25, -0.2) is 0 Å². The Morgan fingerprint density at radius 2 is 0.512 bits per heavy atom. The number of carbonyl (C=O) groups excluding carboxylic acids is 3. The Balaban J connectivity index is 4.42. The van der Waals surface area contributed by atoms with Gasteiger partial charge in [0.15, 0.2) is 6.10 Å². The second-order valence-electron chi connectivity index (χ2n) is 23.1. The molecule has 6 heteroatoms. The monoisotopic (exact) mass is 1110 g/mol. The van der Waals surface area contributed by atoms with E-state index in [1.807, 2.05) is 6.08 Å². The summed E-state index contributed by atoms with van der Waals surface area (Å²) in [4.78, 5) is 38.4. The van der Waals surface area contributed by atoms with Gasteiger partial charge in [0.25, 0.3) is 0 Å². The molecule has 0 aromatic heterocycles. The fraction of sp³-hybridized carbons (Fsp3) is 0.770. The highest BCUT2D eigenvalue weighted by Crippen LogP contribution is 2.18. The second kappa shape index (κ2) is 68.1. The van der Waals surface area contributed by atoms with Gasteiger partial charge in [0, 0.05) is 19.3 Å². The van der Waals surface area contributed by atoms with Crippen LogP contribution < -0.4 is 0 Å². The number of hydrogen-bond acceptors (Lipinski definition) is 6. The van der Waals surface area contributed by atoms with Crippen molar-refractivity contribution in [2.45, 2.75) is 354 Å². The highest BCUT2D eigenvalue weighted by Gasteiger charge is 2.19. The van der Waals surface area contributed by atoms with Crippen LogP contribution in [-0.2, 0) is 28.6 Å². The van der Waals surface area contributed by atoms with Crippen LogP contribution >= 0.6 is 0 Å². The molecule has 0 radical (unpaired) electrons. The van der Waals surface area contributed by atoms with Gasteiger partial charge < -0.3 is 14.2 Å². The summed E-state index contributed by atoms with van der Waals surface area (Å²) in [5.41, 5.74) is 0. The van der Waals surface area contributed by atoms with Crippen LogP contribution in [0.3, 0.4) is 0 Å². The third-order valence-corrected chi connectivity index (χ3v) is 15.1. The summed E-state index contributed by atoms with van der Waals surface area (Å²) >= 11 is 0. The molecule has 0 amide bonds. The van der Waals surface area contributed by atoms with Crippen molar-refractivity contribution in [3.8, 4) is 0 Å². The minimum Gasteiger partial charge on any atom is -0.462 e. The van der Waals surface area contributed by atoms with E-state index in [-0.39, 0.29) is 37.5 Å². The molecule has 0 aliphatic heterocycles. The third-order valence-electron chi connectivity index (χ3n) is 15.1. The van der Waals surface area contributed by atoms with E-state index >= 15 is 0 Å². The van der Waals surface area contributed by atoms with Crippen LogP contribution in [0.25, 0.3) is 0 Å². The number of unbranched alkanes of at least 4 members (excludes halogenated alkanes) is 38. The zero-order valence-corrected chi connectivity index (χ0v) is 53.1. The molecule has 0 aliphatic carbocycles. The zero-order chi connectivity index (χ0) is 57.8. The summed E-state index contributed by atoms with van der Waals surface area (Å²) in [5.74, 6) is -0.966. The molecule has 0 saturated carbocycles. The Morgan fingerprint density at radius 1 is 0.263 bits per heavy atom. The van der Waals surface area contributed by atoms with Gasteiger partial charge in [0.1, 0.15) is 13.2 Å². The van der Waals surface area contributed by atoms with Crippen LogP contribution in [0.15, 0.2) is 85.1 Å². The molecule has 1 unspecified atom stereocenters. The highest BCUT2D eigenvalue weighted by atomic mass is 16.6. The van der Waals surface area contributed by atoms with Gasteiger partial charge in [-0.05, 0) is 83.5 Å². The minimum absolute atomic E-state index is 0.0969. The molecular weight excluding hydrogens is 985 g/mol. The molecule has 6 nitrogen and oxygen atoms in total. The maximum Gasteiger partial charge on any atom is 0.306 e. The lowest BCUT2D eigenvalue weighted by molar-refractivity contribution is -0.166. The average Bonchev–Trinajstić information content (AvgIpc) is 3.46. The molecule has 0 rings (SSSR count). The fourth-order valence-electron chi connectivity index (χ4n) is 10.00. The van der Waals surface area contributed by atoms with E-state index in [1.165, 1.54) is 225 Å². The summed E-state index contributed by atoms with van der Waals surface area (Å²) in [5, 5.41) is 0. The van der Waals surface area contributed by atoms with Crippen molar-refractivity contribution in [2.75, 3.05) is 13.2 Å². The van der Waals surface area contributed by atoms with Crippen LogP contribution in [0.5, 0.6) is 0 Å². The lowest BCUT2D eigenvalue weighted by Crippen LogP contribution is -2.30. The summed E-state index contributed by atoms with van der Waals surface area (Å²) in [7, 11) is 0. The molecule has 1 atom stereocenters. The summed E-state index contributed by atoms with van der Waals surface area (Å²) in [6.45, 7) is 6.52. The first-order chi connectivity index (χ1) is 39.5. The Morgan fingerprint density at radius 3 is 0.838 bits per heavy atom. The van der Waals surface area contributed by atoms with E-state index in [0.717, 1.165) is 77.0 Å². The molecular formula is C74H130O6. The molecule has 0 bridgehead atoms. The molecule has 0 heterocycles. The average molecular weight is 1120 g/mol. The third kappa shape index (κ3) is 65.4. The van der Waals surface area contributed by atoms with E-state index in [1.54, 1.807) is 0 Å². The first kappa shape index (κ1) is 76.6. The van der Waals surface area contributed by atoms with Crippen molar-refractivity contribution in [3.05, 3.63) is 85.1 Å². The standard InChI is InChI=1S/C74H130O6/c1-4-7-10-13-16-19-22-25-28-31-34-36-37-38-41-43-46-49-52-55-58-61-64-67-73(76)79-70-71(69-78-72(75)66-63-60-57-54-51-48-45-42-39-33-30-27-24-21-18-15-12-9-6-3)80-74(77)68-65-62-59-56-53-50-47-44-40-35-32-29-26-23-20-17-14-11-8-5-2/h9,12,18,21,27,30-31,34,39,42,48,51,57,60,71H,4-8,10-11,13-17,19-20,22-26,28-29,32-33,35-38,40-41,43-47,49-50,52-56,58-59,61-70H2,1-3H3/b12-9-,21-18-,30-27-,34-31-,42-39-,51-48-,60-57-. The molecule has 0 N–H and O–H groups in total. The Kier molecular flexibility index (Phi) is 65.2. The van der Waals surface area contributed by atoms with Crippen LogP contribution in [0.4, 0.5) is 0 Å². The fourth-order valence-corrected chi connectivity index (χ4v) is 10.00. The number of esters is 3. The number of ether oxygens (including phenoxy) is 3. The molecule has 462 valence electrons. The largest absolute Gasteiger partial charge is 0.462 e. The van der Waals surface area contributed by atoms with Crippen molar-refractivity contribution in [1.29, 1.82) is 0 Å². The van der Waals surface area contributed by atoms with E-state index < -0.39 is 6.10 Å². The lowest BCUT2D eigenvalue weighted by atomic mass is 10.0.